The number of likely N-dealkylation sites (tertiary alicyclic amines) is 1. The standard InChI is InChI=1S/C24H29N3O4/c1-4-24(22(30)27(14-15(2)3)23(31)25-24)16-9-11-26(12-10-16)21(29)19-13-20(28)18-8-6-5-7-17(18)19/h5-8,16,19H,2,4,9-14H2,1,3H3,(H,25,31). The van der Waals surface area contributed by atoms with E-state index in [4.69, 9.17) is 0 Å². The summed E-state index contributed by atoms with van der Waals surface area (Å²) >= 11 is 0. The van der Waals surface area contributed by atoms with Crippen molar-refractivity contribution in [3.8, 4) is 0 Å². The van der Waals surface area contributed by atoms with Gasteiger partial charge in [-0.2, -0.15) is 0 Å². The minimum Gasteiger partial charge on any atom is -0.342 e. The third-order valence-corrected chi connectivity index (χ3v) is 7.02. The molecule has 4 rings (SSSR count). The van der Waals surface area contributed by atoms with Gasteiger partial charge in [0, 0.05) is 25.1 Å². The van der Waals surface area contributed by atoms with Gasteiger partial charge in [-0.25, -0.2) is 4.79 Å². The lowest BCUT2D eigenvalue weighted by molar-refractivity contribution is -0.136. The molecule has 2 heterocycles. The fourth-order valence-electron chi connectivity index (χ4n) is 5.36. The third-order valence-electron chi connectivity index (χ3n) is 7.02. The zero-order chi connectivity index (χ0) is 22.3. The maximum absolute atomic E-state index is 13.2. The number of amides is 4. The Morgan fingerprint density at radius 3 is 2.52 bits per heavy atom. The van der Waals surface area contributed by atoms with Crippen molar-refractivity contribution in [1.82, 2.24) is 15.1 Å². The molecule has 1 aromatic carbocycles. The minimum absolute atomic E-state index is 0.0191. The van der Waals surface area contributed by atoms with Gasteiger partial charge in [-0.05, 0) is 37.7 Å². The second kappa shape index (κ2) is 7.94. The first kappa shape index (κ1) is 21.3. The molecule has 7 nitrogen and oxygen atoms in total. The second-order valence-electron chi connectivity index (χ2n) is 8.97. The SMILES string of the molecule is C=C(C)CN1C(=O)NC(CC)(C2CCN(C(=O)C3CC(=O)c4ccccc43)CC2)C1=O. The molecule has 31 heavy (non-hydrogen) atoms. The summed E-state index contributed by atoms with van der Waals surface area (Å²) in [5.74, 6) is -0.647. The number of imide groups is 1. The minimum atomic E-state index is -0.919. The van der Waals surface area contributed by atoms with Crippen LogP contribution in [-0.4, -0.2) is 58.6 Å². The van der Waals surface area contributed by atoms with E-state index in [0.717, 1.165) is 11.1 Å². The largest absolute Gasteiger partial charge is 0.342 e. The lowest BCUT2D eigenvalue weighted by Gasteiger charge is -2.41. The van der Waals surface area contributed by atoms with E-state index in [9.17, 15) is 19.2 Å². The molecule has 2 saturated heterocycles. The van der Waals surface area contributed by atoms with Crippen LogP contribution < -0.4 is 5.32 Å². The molecule has 1 N–H and O–H groups in total. The first-order valence-electron chi connectivity index (χ1n) is 11.0. The monoisotopic (exact) mass is 423 g/mol. The number of hydrogen-bond donors (Lipinski definition) is 1. The zero-order valence-corrected chi connectivity index (χ0v) is 18.1. The molecule has 2 aliphatic heterocycles. The lowest BCUT2D eigenvalue weighted by Crippen LogP contribution is -2.56. The van der Waals surface area contributed by atoms with Crippen molar-refractivity contribution >= 4 is 23.6 Å². The van der Waals surface area contributed by atoms with Crippen LogP contribution in [0.2, 0.25) is 0 Å². The van der Waals surface area contributed by atoms with E-state index in [1.807, 2.05) is 30.0 Å². The topological polar surface area (TPSA) is 86.8 Å². The van der Waals surface area contributed by atoms with E-state index >= 15 is 0 Å². The van der Waals surface area contributed by atoms with Crippen molar-refractivity contribution in [1.29, 1.82) is 0 Å². The zero-order valence-electron chi connectivity index (χ0n) is 18.1. The molecular formula is C24H29N3O4. The Morgan fingerprint density at radius 2 is 1.87 bits per heavy atom. The Hall–Kier alpha value is -2.96. The number of nitrogens with zero attached hydrogens (tertiary/aromatic N) is 2. The van der Waals surface area contributed by atoms with E-state index in [2.05, 4.69) is 11.9 Å². The number of carbonyl (C=O) groups excluding carboxylic acids is 4. The first-order valence-corrected chi connectivity index (χ1v) is 11.0. The summed E-state index contributed by atoms with van der Waals surface area (Å²) in [4.78, 5) is 54.2. The molecule has 7 heteroatoms. The summed E-state index contributed by atoms with van der Waals surface area (Å²) in [5, 5.41) is 2.96. The van der Waals surface area contributed by atoms with Crippen LogP contribution in [0.1, 0.15) is 61.4 Å². The second-order valence-corrected chi connectivity index (χ2v) is 8.97. The van der Waals surface area contributed by atoms with Crippen LogP contribution in [0.3, 0.4) is 0 Å². The summed E-state index contributed by atoms with van der Waals surface area (Å²) in [6, 6.07) is 6.97. The van der Waals surface area contributed by atoms with Crippen LogP contribution in [0.5, 0.6) is 0 Å². The van der Waals surface area contributed by atoms with Gasteiger partial charge in [-0.15, -0.1) is 0 Å². The number of ketones is 1. The first-order chi connectivity index (χ1) is 14.8. The fraction of sp³-hybridized carbons (Fsp3) is 0.500. The van der Waals surface area contributed by atoms with E-state index < -0.39 is 11.5 Å². The molecule has 3 aliphatic rings. The molecule has 0 saturated carbocycles. The predicted octanol–water partition coefficient (Wildman–Crippen LogP) is 2.87. The van der Waals surface area contributed by atoms with Gasteiger partial charge >= 0.3 is 6.03 Å². The highest BCUT2D eigenvalue weighted by Gasteiger charge is 2.55. The van der Waals surface area contributed by atoms with Crippen LogP contribution in [-0.2, 0) is 9.59 Å². The summed E-state index contributed by atoms with van der Waals surface area (Å²) in [6.45, 7) is 8.78. The van der Waals surface area contributed by atoms with Crippen molar-refractivity contribution in [3.05, 3.63) is 47.5 Å². The molecule has 2 fully saturated rings. The van der Waals surface area contributed by atoms with E-state index in [-0.39, 0.29) is 42.5 Å². The van der Waals surface area contributed by atoms with Crippen LogP contribution >= 0.6 is 0 Å². The molecule has 2 unspecified atom stereocenters. The van der Waals surface area contributed by atoms with Crippen molar-refractivity contribution in [2.24, 2.45) is 5.92 Å². The number of benzene rings is 1. The molecule has 0 aromatic heterocycles. The number of carbonyl (C=O) groups is 4. The molecule has 2 atom stereocenters. The average molecular weight is 424 g/mol. The number of nitrogens with one attached hydrogen (secondary N) is 1. The normalized spacial score (nSPS) is 26.3. The Morgan fingerprint density at radius 1 is 1.19 bits per heavy atom. The number of urea groups is 1. The molecule has 0 spiro atoms. The van der Waals surface area contributed by atoms with Crippen LogP contribution in [0, 0.1) is 5.92 Å². The van der Waals surface area contributed by atoms with Gasteiger partial charge in [0.05, 0.1) is 12.5 Å². The Balaban J connectivity index is 1.46. The van der Waals surface area contributed by atoms with Gasteiger partial charge in [-0.3, -0.25) is 19.3 Å². The van der Waals surface area contributed by atoms with E-state index in [0.29, 0.717) is 37.9 Å². The molecule has 1 aromatic rings. The van der Waals surface area contributed by atoms with Crippen LogP contribution in [0.15, 0.2) is 36.4 Å². The van der Waals surface area contributed by atoms with Crippen molar-refractivity contribution < 1.29 is 19.2 Å². The van der Waals surface area contributed by atoms with Crippen molar-refractivity contribution in [2.45, 2.75) is 51.0 Å². The smallest absolute Gasteiger partial charge is 0.325 e. The van der Waals surface area contributed by atoms with Gasteiger partial charge < -0.3 is 10.2 Å². The van der Waals surface area contributed by atoms with Crippen molar-refractivity contribution in [3.63, 3.8) is 0 Å². The van der Waals surface area contributed by atoms with Crippen LogP contribution in [0.25, 0.3) is 0 Å². The summed E-state index contributed by atoms with van der Waals surface area (Å²) in [5.41, 5.74) is 1.30. The summed E-state index contributed by atoms with van der Waals surface area (Å²) in [7, 11) is 0. The summed E-state index contributed by atoms with van der Waals surface area (Å²) < 4.78 is 0. The molecule has 164 valence electrons. The highest BCUT2D eigenvalue weighted by molar-refractivity contribution is 6.08. The van der Waals surface area contributed by atoms with Gasteiger partial charge in [0.2, 0.25) is 5.91 Å². The van der Waals surface area contributed by atoms with Crippen LogP contribution in [0.4, 0.5) is 4.79 Å². The van der Waals surface area contributed by atoms with E-state index in [1.54, 1.807) is 13.0 Å². The number of piperidine rings is 1. The predicted molar refractivity (Wildman–Crippen MR) is 116 cm³/mol. The van der Waals surface area contributed by atoms with Gasteiger partial charge in [0.15, 0.2) is 5.78 Å². The number of fused-ring (bicyclic) bond motifs is 1. The van der Waals surface area contributed by atoms with Crippen molar-refractivity contribution in [2.75, 3.05) is 19.6 Å². The van der Waals surface area contributed by atoms with Gasteiger partial charge in [0.25, 0.3) is 5.91 Å². The molecular weight excluding hydrogens is 394 g/mol. The lowest BCUT2D eigenvalue weighted by atomic mass is 9.75. The quantitative estimate of drug-likeness (QED) is 0.583. The average Bonchev–Trinajstić information content (AvgIpc) is 3.23. The number of hydrogen-bond acceptors (Lipinski definition) is 4. The maximum atomic E-state index is 13.2. The molecule has 4 amide bonds. The Kier molecular flexibility index (Phi) is 5.45. The highest BCUT2D eigenvalue weighted by Crippen LogP contribution is 2.39. The summed E-state index contributed by atoms with van der Waals surface area (Å²) in [6.07, 6.45) is 2.00. The number of Topliss-reactive ketones (excluding diaryl/α,β-unsaturated/α-hetero) is 1. The van der Waals surface area contributed by atoms with E-state index in [1.165, 1.54) is 4.90 Å². The molecule has 0 radical (unpaired) electrons. The van der Waals surface area contributed by atoms with Gasteiger partial charge in [-0.1, -0.05) is 43.3 Å². The molecule has 1 aliphatic carbocycles. The number of rotatable bonds is 5. The Bertz CT molecular complexity index is 963. The maximum Gasteiger partial charge on any atom is 0.325 e. The highest BCUT2D eigenvalue weighted by atomic mass is 16.2. The fourth-order valence-corrected chi connectivity index (χ4v) is 5.36. The third kappa shape index (κ3) is 3.46. The van der Waals surface area contributed by atoms with Gasteiger partial charge in [0.1, 0.15) is 5.54 Å². The molecule has 0 bridgehead atoms. The Labute approximate surface area is 182 Å².